The summed E-state index contributed by atoms with van der Waals surface area (Å²) in [5.74, 6) is 5.02. The standard InChI is InChI=1S/C54H74O5/c1-37(2)17-16-18-38(3)46-27-28-47-45-26-25-43-33-44(29-31-53(43,5)48(45)30-32-54(46,47)6)59-52-51(57-36-42-23-14-9-15-24-42)50(56-35-41-21-12-8-13-22-41)49(39(4)58-52)55-34-40-19-10-7-11-20-40/h7-15,19-25,37-39,44-52H,16-18,26-36H2,1-6H3/t38-,39+,44+,45+,46-,47+,48+,49+,50-,51-,52+,53+,54-/m1/s1. The van der Waals surface area contributed by atoms with E-state index >= 15 is 0 Å². The molecule has 3 saturated carbocycles. The van der Waals surface area contributed by atoms with Gasteiger partial charge in [0.15, 0.2) is 6.29 Å². The molecular formula is C54H74O5. The Kier molecular flexibility index (Phi) is 13.9. The fourth-order valence-electron chi connectivity index (χ4n) is 12.9. The average molecular weight is 803 g/mol. The molecule has 4 fully saturated rings. The Bertz CT molecular complexity index is 1780. The van der Waals surface area contributed by atoms with E-state index in [0.717, 1.165) is 65.0 Å². The normalized spacial score (nSPS) is 36.0. The number of allylic oxidation sites excluding steroid dienone is 1. The summed E-state index contributed by atoms with van der Waals surface area (Å²) < 4.78 is 34.6. The number of rotatable bonds is 16. The van der Waals surface area contributed by atoms with Crippen molar-refractivity contribution >= 4 is 0 Å². The summed E-state index contributed by atoms with van der Waals surface area (Å²) in [5, 5.41) is 0. The first-order chi connectivity index (χ1) is 28.6. The summed E-state index contributed by atoms with van der Waals surface area (Å²) in [6.45, 7) is 16.2. The van der Waals surface area contributed by atoms with E-state index < -0.39 is 18.5 Å². The van der Waals surface area contributed by atoms with E-state index in [9.17, 15) is 0 Å². The third kappa shape index (κ3) is 9.51. The van der Waals surface area contributed by atoms with Crippen molar-refractivity contribution < 1.29 is 23.7 Å². The van der Waals surface area contributed by atoms with Gasteiger partial charge in [0.1, 0.15) is 18.3 Å². The van der Waals surface area contributed by atoms with Crippen LogP contribution in [0.25, 0.3) is 0 Å². The minimum absolute atomic E-state index is 0.0684. The average Bonchev–Trinajstić information content (AvgIpc) is 3.60. The second kappa shape index (κ2) is 19.1. The molecule has 5 aliphatic rings. The smallest absolute Gasteiger partial charge is 0.187 e. The molecule has 3 aromatic carbocycles. The molecule has 5 nitrogen and oxygen atoms in total. The first-order valence-electron chi connectivity index (χ1n) is 23.6. The molecule has 0 spiro atoms. The van der Waals surface area contributed by atoms with Gasteiger partial charge in [-0.15, -0.1) is 0 Å². The number of hydrogen-bond acceptors (Lipinski definition) is 5. The van der Waals surface area contributed by atoms with Crippen LogP contribution in [0.2, 0.25) is 0 Å². The van der Waals surface area contributed by atoms with Crippen LogP contribution in [0.4, 0.5) is 0 Å². The highest BCUT2D eigenvalue weighted by molar-refractivity contribution is 5.26. The van der Waals surface area contributed by atoms with Crippen LogP contribution in [0.15, 0.2) is 103 Å². The van der Waals surface area contributed by atoms with Crippen LogP contribution in [0.5, 0.6) is 0 Å². The number of benzene rings is 3. The van der Waals surface area contributed by atoms with E-state index in [1.165, 1.54) is 57.8 Å². The predicted molar refractivity (Wildman–Crippen MR) is 237 cm³/mol. The van der Waals surface area contributed by atoms with Crippen molar-refractivity contribution in [3.63, 3.8) is 0 Å². The van der Waals surface area contributed by atoms with Gasteiger partial charge >= 0.3 is 0 Å². The molecule has 1 saturated heterocycles. The van der Waals surface area contributed by atoms with Crippen molar-refractivity contribution in [3.05, 3.63) is 119 Å². The van der Waals surface area contributed by atoms with E-state index in [4.69, 9.17) is 23.7 Å². The van der Waals surface area contributed by atoms with Gasteiger partial charge in [-0.2, -0.15) is 0 Å². The Balaban J connectivity index is 0.987. The Morgan fingerprint density at radius 1 is 0.661 bits per heavy atom. The lowest BCUT2D eigenvalue weighted by atomic mass is 9.47. The Labute approximate surface area is 357 Å². The largest absolute Gasteiger partial charge is 0.368 e. The zero-order valence-electron chi connectivity index (χ0n) is 37.1. The molecule has 5 heteroatoms. The van der Waals surface area contributed by atoms with Gasteiger partial charge in [0.2, 0.25) is 0 Å². The molecule has 0 bridgehead atoms. The molecule has 1 aliphatic heterocycles. The maximum absolute atomic E-state index is 7.18. The van der Waals surface area contributed by atoms with E-state index in [1.807, 2.05) is 18.2 Å². The quantitative estimate of drug-likeness (QED) is 0.135. The highest BCUT2D eigenvalue weighted by Gasteiger charge is 2.59. The molecule has 0 aromatic heterocycles. The third-order valence-corrected chi connectivity index (χ3v) is 16.2. The second-order valence-electron chi connectivity index (χ2n) is 20.3. The van der Waals surface area contributed by atoms with E-state index in [-0.39, 0.29) is 23.7 Å². The molecule has 1 heterocycles. The van der Waals surface area contributed by atoms with E-state index in [0.29, 0.717) is 25.2 Å². The molecule has 59 heavy (non-hydrogen) atoms. The van der Waals surface area contributed by atoms with Crippen molar-refractivity contribution in [3.8, 4) is 0 Å². The maximum Gasteiger partial charge on any atom is 0.187 e. The molecule has 3 aromatic rings. The topological polar surface area (TPSA) is 46.2 Å². The summed E-state index contributed by atoms with van der Waals surface area (Å²) in [6.07, 6.45) is 15.0. The lowest BCUT2D eigenvalue weighted by Gasteiger charge is -2.58. The molecule has 0 unspecified atom stereocenters. The van der Waals surface area contributed by atoms with Gasteiger partial charge in [0, 0.05) is 0 Å². The summed E-state index contributed by atoms with van der Waals surface area (Å²) in [5.41, 5.74) is 5.76. The van der Waals surface area contributed by atoms with E-state index in [2.05, 4.69) is 120 Å². The summed E-state index contributed by atoms with van der Waals surface area (Å²) in [4.78, 5) is 0. The molecular weight excluding hydrogens is 729 g/mol. The fourth-order valence-corrected chi connectivity index (χ4v) is 12.9. The van der Waals surface area contributed by atoms with Gasteiger partial charge in [-0.25, -0.2) is 0 Å². The SMILES string of the molecule is CC(C)CCC[C@@H](C)[C@H]1CC[C@H]2[C@@H]3CC=C4C[C@@H](O[C@@H]5O[C@@H](C)[C@H](OCc6ccccc6)[C@@H](OCc6ccccc6)[C@H]5OCc5ccccc5)CC[C@]4(C)[C@H]3CC[C@]12C. The molecule has 8 rings (SSSR count). The second-order valence-corrected chi connectivity index (χ2v) is 20.3. The van der Waals surface area contributed by atoms with Crippen LogP contribution in [-0.4, -0.2) is 36.8 Å². The number of hydrogen-bond donors (Lipinski definition) is 0. The zero-order chi connectivity index (χ0) is 41.0. The van der Waals surface area contributed by atoms with Crippen LogP contribution in [0, 0.1) is 46.3 Å². The first kappa shape index (κ1) is 42.9. The van der Waals surface area contributed by atoms with Gasteiger partial charge in [-0.3, -0.25) is 0 Å². The maximum atomic E-state index is 7.18. The first-order valence-corrected chi connectivity index (χ1v) is 23.6. The van der Waals surface area contributed by atoms with Gasteiger partial charge in [-0.1, -0.05) is 157 Å². The van der Waals surface area contributed by atoms with Crippen molar-refractivity contribution in [1.29, 1.82) is 0 Å². The van der Waals surface area contributed by atoms with Gasteiger partial charge in [-0.05, 0) is 121 Å². The molecule has 13 atom stereocenters. The van der Waals surface area contributed by atoms with Crippen LogP contribution < -0.4 is 0 Å². The molecule has 4 aliphatic carbocycles. The van der Waals surface area contributed by atoms with Gasteiger partial charge in [0.05, 0.1) is 32.0 Å². The highest BCUT2D eigenvalue weighted by atomic mass is 16.7. The fraction of sp³-hybridized carbons (Fsp3) is 0.630. The van der Waals surface area contributed by atoms with Crippen LogP contribution in [0.3, 0.4) is 0 Å². The van der Waals surface area contributed by atoms with Crippen LogP contribution >= 0.6 is 0 Å². The van der Waals surface area contributed by atoms with Crippen molar-refractivity contribution in [2.24, 2.45) is 46.3 Å². The Morgan fingerprint density at radius 3 is 1.86 bits per heavy atom. The van der Waals surface area contributed by atoms with E-state index in [1.54, 1.807) is 5.57 Å². The monoisotopic (exact) mass is 803 g/mol. The van der Waals surface area contributed by atoms with Crippen LogP contribution in [0.1, 0.15) is 129 Å². The van der Waals surface area contributed by atoms with Crippen molar-refractivity contribution in [1.82, 2.24) is 0 Å². The molecule has 0 amide bonds. The summed E-state index contributed by atoms with van der Waals surface area (Å²) >= 11 is 0. The predicted octanol–water partition coefficient (Wildman–Crippen LogP) is 12.9. The Hall–Kier alpha value is -2.80. The van der Waals surface area contributed by atoms with Crippen molar-refractivity contribution in [2.75, 3.05) is 0 Å². The molecule has 0 radical (unpaired) electrons. The van der Waals surface area contributed by atoms with Gasteiger partial charge in [0.25, 0.3) is 0 Å². The minimum Gasteiger partial charge on any atom is -0.368 e. The third-order valence-electron chi connectivity index (χ3n) is 16.2. The Morgan fingerprint density at radius 2 is 1.25 bits per heavy atom. The number of ether oxygens (including phenoxy) is 5. The molecule has 320 valence electrons. The van der Waals surface area contributed by atoms with Crippen molar-refractivity contribution in [2.45, 2.75) is 169 Å². The lowest BCUT2D eigenvalue weighted by Crippen LogP contribution is -2.60. The zero-order valence-corrected chi connectivity index (χ0v) is 37.1. The number of fused-ring (bicyclic) bond motifs is 5. The lowest BCUT2D eigenvalue weighted by molar-refractivity contribution is -0.330. The summed E-state index contributed by atoms with van der Waals surface area (Å²) in [6, 6.07) is 31.2. The minimum atomic E-state index is -0.578. The van der Waals surface area contributed by atoms with Gasteiger partial charge < -0.3 is 23.7 Å². The highest BCUT2D eigenvalue weighted by Crippen LogP contribution is 2.67. The molecule has 0 N–H and O–H groups in total. The van der Waals surface area contributed by atoms with Crippen LogP contribution in [-0.2, 0) is 43.5 Å². The summed E-state index contributed by atoms with van der Waals surface area (Å²) in [7, 11) is 0.